The Kier molecular flexibility index (Phi) is 6.78. The number of hydrogen-bond donors (Lipinski definition) is 2. The summed E-state index contributed by atoms with van der Waals surface area (Å²) in [6.45, 7) is 2.86. The number of anilines is 1. The quantitative estimate of drug-likeness (QED) is 0.426. The zero-order valence-electron chi connectivity index (χ0n) is 14.7. The van der Waals surface area contributed by atoms with Crippen LogP contribution in [0.3, 0.4) is 0 Å². The highest BCUT2D eigenvalue weighted by Gasteiger charge is 2.13. The minimum absolute atomic E-state index is 0.132. The van der Waals surface area contributed by atoms with Crippen molar-refractivity contribution in [2.24, 2.45) is 0 Å². The molecule has 0 aliphatic carbocycles. The summed E-state index contributed by atoms with van der Waals surface area (Å²) in [6.07, 6.45) is 0.618. The summed E-state index contributed by atoms with van der Waals surface area (Å²) in [5.74, 6) is 1.12. The molecule has 0 aromatic heterocycles. The predicted octanol–water partition coefficient (Wildman–Crippen LogP) is 3.50. The van der Waals surface area contributed by atoms with E-state index in [9.17, 15) is 14.9 Å². The predicted molar refractivity (Wildman–Crippen MR) is 98.0 cm³/mol. The Morgan fingerprint density at radius 3 is 2.58 bits per heavy atom. The number of nitro groups is 1. The summed E-state index contributed by atoms with van der Waals surface area (Å²) in [5.41, 5.74) is 1.26. The van der Waals surface area contributed by atoms with E-state index in [0.717, 1.165) is 11.3 Å². The number of methoxy groups -OCH3 is 1. The average Bonchev–Trinajstić information content (AvgIpc) is 2.62. The molecule has 138 valence electrons. The lowest BCUT2D eigenvalue weighted by molar-refractivity contribution is -0.384. The second-order valence-corrected chi connectivity index (χ2v) is 5.54. The minimum Gasteiger partial charge on any atom is -0.495 e. The summed E-state index contributed by atoms with van der Waals surface area (Å²) in [5, 5.41) is 16.1. The molecule has 0 atom stereocenters. The number of rotatable bonds is 8. The Bertz CT molecular complexity index is 762. The smallest absolute Gasteiger partial charge is 0.319 e. The number of non-ortho nitro benzene ring substituents is 1. The van der Waals surface area contributed by atoms with Crippen LogP contribution in [-0.4, -0.2) is 31.2 Å². The number of ether oxygens (including phenoxy) is 2. The van der Waals surface area contributed by atoms with Crippen molar-refractivity contribution in [2.75, 3.05) is 25.6 Å². The number of amides is 2. The number of benzene rings is 2. The van der Waals surface area contributed by atoms with Crippen LogP contribution in [0.1, 0.15) is 12.0 Å². The van der Waals surface area contributed by atoms with E-state index in [1.165, 1.54) is 25.3 Å². The Morgan fingerprint density at radius 2 is 1.92 bits per heavy atom. The van der Waals surface area contributed by atoms with Crippen LogP contribution in [-0.2, 0) is 0 Å². The molecule has 0 spiro atoms. The summed E-state index contributed by atoms with van der Waals surface area (Å²) in [6, 6.07) is 11.2. The Labute approximate surface area is 151 Å². The third kappa shape index (κ3) is 5.66. The van der Waals surface area contributed by atoms with E-state index in [0.29, 0.717) is 25.3 Å². The van der Waals surface area contributed by atoms with Gasteiger partial charge in [0.15, 0.2) is 0 Å². The molecule has 2 aromatic rings. The standard InChI is InChI=1S/C18H21N3O5/c1-13-4-7-15(8-5-13)26-11-3-10-19-18(22)20-16-12-14(21(23)24)6-9-17(16)25-2/h4-9,12H,3,10-11H2,1-2H3,(H2,19,20,22). The maximum Gasteiger partial charge on any atom is 0.319 e. The van der Waals surface area contributed by atoms with Gasteiger partial charge in [-0.25, -0.2) is 4.79 Å². The lowest BCUT2D eigenvalue weighted by atomic mass is 10.2. The van der Waals surface area contributed by atoms with Gasteiger partial charge in [0.25, 0.3) is 5.69 Å². The fraction of sp³-hybridized carbons (Fsp3) is 0.278. The van der Waals surface area contributed by atoms with Gasteiger partial charge in [0, 0.05) is 18.7 Å². The molecular formula is C18H21N3O5. The minimum atomic E-state index is -0.537. The van der Waals surface area contributed by atoms with Crippen molar-refractivity contribution in [3.8, 4) is 11.5 Å². The van der Waals surface area contributed by atoms with E-state index in [1.54, 1.807) is 0 Å². The van der Waals surface area contributed by atoms with Crippen LogP contribution < -0.4 is 20.1 Å². The van der Waals surface area contributed by atoms with Crippen molar-refractivity contribution in [2.45, 2.75) is 13.3 Å². The zero-order chi connectivity index (χ0) is 18.9. The van der Waals surface area contributed by atoms with Crippen LogP contribution in [0.2, 0.25) is 0 Å². The van der Waals surface area contributed by atoms with Crippen molar-refractivity contribution >= 4 is 17.4 Å². The Hall–Kier alpha value is -3.29. The molecule has 0 bridgehead atoms. The number of nitro benzene ring substituents is 1. The van der Waals surface area contributed by atoms with Crippen LogP contribution in [0.25, 0.3) is 0 Å². The third-order valence-corrected chi connectivity index (χ3v) is 3.54. The first-order valence-electron chi connectivity index (χ1n) is 8.06. The van der Waals surface area contributed by atoms with E-state index in [1.807, 2.05) is 31.2 Å². The molecule has 0 radical (unpaired) electrons. The van der Waals surface area contributed by atoms with Crippen molar-refractivity contribution in [1.82, 2.24) is 5.32 Å². The fourth-order valence-corrected chi connectivity index (χ4v) is 2.17. The van der Waals surface area contributed by atoms with E-state index in [4.69, 9.17) is 9.47 Å². The summed E-state index contributed by atoms with van der Waals surface area (Å²) >= 11 is 0. The van der Waals surface area contributed by atoms with Gasteiger partial charge >= 0.3 is 6.03 Å². The van der Waals surface area contributed by atoms with Gasteiger partial charge in [-0.3, -0.25) is 10.1 Å². The Balaban J connectivity index is 1.77. The molecule has 26 heavy (non-hydrogen) atoms. The maximum absolute atomic E-state index is 11.9. The van der Waals surface area contributed by atoms with Gasteiger partial charge in [-0.2, -0.15) is 0 Å². The Morgan fingerprint density at radius 1 is 1.19 bits per heavy atom. The van der Waals surface area contributed by atoms with Gasteiger partial charge in [0.1, 0.15) is 11.5 Å². The van der Waals surface area contributed by atoms with Crippen LogP contribution in [0.15, 0.2) is 42.5 Å². The van der Waals surface area contributed by atoms with E-state index in [2.05, 4.69) is 10.6 Å². The molecule has 2 aromatic carbocycles. The number of nitrogens with one attached hydrogen (secondary N) is 2. The van der Waals surface area contributed by atoms with Crippen molar-refractivity contribution in [1.29, 1.82) is 0 Å². The van der Waals surface area contributed by atoms with E-state index >= 15 is 0 Å². The molecule has 0 aliphatic heterocycles. The SMILES string of the molecule is COc1ccc([N+](=O)[O-])cc1NC(=O)NCCCOc1ccc(C)cc1. The highest BCUT2D eigenvalue weighted by Crippen LogP contribution is 2.28. The first-order valence-corrected chi connectivity index (χ1v) is 8.06. The zero-order valence-corrected chi connectivity index (χ0v) is 14.7. The molecule has 8 heteroatoms. The van der Waals surface area contributed by atoms with Gasteiger partial charge in [0.2, 0.25) is 0 Å². The number of carbonyl (C=O) groups excluding carboxylic acids is 1. The molecule has 0 saturated carbocycles. The highest BCUT2D eigenvalue weighted by atomic mass is 16.6. The summed E-state index contributed by atoms with van der Waals surface area (Å²) in [4.78, 5) is 22.2. The number of hydrogen-bond acceptors (Lipinski definition) is 5. The number of carbonyl (C=O) groups is 1. The molecule has 0 saturated heterocycles. The second-order valence-electron chi connectivity index (χ2n) is 5.54. The molecule has 2 N–H and O–H groups in total. The van der Waals surface area contributed by atoms with Crippen molar-refractivity contribution in [3.63, 3.8) is 0 Å². The van der Waals surface area contributed by atoms with Crippen LogP contribution in [0.5, 0.6) is 11.5 Å². The first-order chi connectivity index (χ1) is 12.5. The molecule has 8 nitrogen and oxygen atoms in total. The largest absolute Gasteiger partial charge is 0.495 e. The van der Waals surface area contributed by atoms with Crippen molar-refractivity contribution in [3.05, 3.63) is 58.1 Å². The maximum atomic E-state index is 11.9. The highest BCUT2D eigenvalue weighted by molar-refractivity contribution is 5.91. The fourth-order valence-electron chi connectivity index (χ4n) is 2.17. The molecule has 0 unspecified atom stereocenters. The molecule has 2 amide bonds. The molecule has 2 rings (SSSR count). The number of nitrogens with zero attached hydrogens (tertiary/aromatic N) is 1. The van der Waals surface area contributed by atoms with Gasteiger partial charge in [0.05, 0.1) is 24.3 Å². The van der Waals surface area contributed by atoms with Gasteiger partial charge < -0.3 is 20.1 Å². The molecular weight excluding hydrogens is 338 g/mol. The van der Waals surface area contributed by atoms with E-state index in [-0.39, 0.29) is 11.4 Å². The van der Waals surface area contributed by atoms with Gasteiger partial charge in [-0.15, -0.1) is 0 Å². The van der Waals surface area contributed by atoms with Gasteiger partial charge in [-0.05, 0) is 31.5 Å². The normalized spacial score (nSPS) is 10.1. The van der Waals surface area contributed by atoms with Crippen LogP contribution in [0.4, 0.5) is 16.2 Å². The summed E-state index contributed by atoms with van der Waals surface area (Å²) in [7, 11) is 1.42. The third-order valence-electron chi connectivity index (χ3n) is 3.54. The van der Waals surface area contributed by atoms with Crippen LogP contribution in [0, 0.1) is 17.0 Å². The summed E-state index contributed by atoms with van der Waals surface area (Å²) < 4.78 is 10.7. The number of aryl methyl sites for hydroxylation is 1. The monoisotopic (exact) mass is 359 g/mol. The molecule has 0 heterocycles. The number of urea groups is 1. The topological polar surface area (TPSA) is 103 Å². The lowest BCUT2D eigenvalue weighted by Gasteiger charge is -2.11. The first kappa shape index (κ1) is 19.0. The second kappa shape index (κ2) is 9.26. The average molecular weight is 359 g/mol. The van der Waals surface area contributed by atoms with E-state index < -0.39 is 11.0 Å². The molecule has 0 aliphatic rings. The van der Waals surface area contributed by atoms with Crippen LogP contribution >= 0.6 is 0 Å². The van der Waals surface area contributed by atoms with Crippen molar-refractivity contribution < 1.29 is 19.2 Å². The van der Waals surface area contributed by atoms with Gasteiger partial charge in [-0.1, -0.05) is 17.7 Å². The lowest BCUT2D eigenvalue weighted by Crippen LogP contribution is -2.30. The molecule has 0 fully saturated rings.